The second-order valence-corrected chi connectivity index (χ2v) is 7.84. The van der Waals surface area contributed by atoms with Gasteiger partial charge in [-0.05, 0) is 31.5 Å². The Morgan fingerprint density at radius 1 is 1.09 bits per heavy atom. The highest BCUT2D eigenvalue weighted by Gasteiger charge is 2.28. The van der Waals surface area contributed by atoms with E-state index in [1.807, 2.05) is 30.3 Å². The molecule has 10 nitrogen and oxygen atoms in total. The Labute approximate surface area is 186 Å². The molecule has 32 heavy (non-hydrogen) atoms. The second kappa shape index (κ2) is 10.2. The molecule has 3 rings (SSSR count). The van der Waals surface area contributed by atoms with Crippen molar-refractivity contribution < 1.29 is 19.1 Å². The monoisotopic (exact) mass is 440 g/mol. The minimum absolute atomic E-state index is 0.00399. The average Bonchev–Trinajstić information content (AvgIpc) is 3.21. The lowest BCUT2D eigenvalue weighted by atomic mass is 10.1. The lowest BCUT2D eigenvalue weighted by Gasteiger charge is -2.24. The molecule has 1 atom stereocenters. The number of carbonyl (C=O) groups excluding carboxylic acids is 2. The fourth-order valence-electron chi connectivity index (χ4n) is 2.97. The molecule has 0 saturated carbocycles. The Hall–Kier alpha value is -3.50. The first-order chi connectivity index (χ1) is 15.3. The molecule has 0 spiro atoms. The first kappa shape index (κ1) is 23.2. The molecule has 1 aromatic carbocycles. The molecule has 0 aliphatic heterocycles. The summed E-state index contributed by atoms with van der Waals surface area (Å²) in [6, 6.07) is 14.4. The maximum atomic E-state index is 12.7. The van der Waals surface area contributed by atoms with Crippen molar-refractivity contribution in [3.05, 3.63) is 65.6 Å². The maximum absolute atomic E-state index is 12.7. The van der Waals surface area contributed by atoms with E-state index in [1.165, 1.54) is 7.05 Å². The van der Waals surface area contributed by atoms with Gasteiger partial charge in [0.15, 0.2) is 11.5 Å². The summed E-state index contributed by atoms with van der Waals surface area (Å²) in [5.74, 6) is 0.0865. The highest BCUT2D eigenvalue weighted by atomic mass is 16.5. The van der Waals surface area contributed by atoms with Gasteiger partial charge in [0.05, 0.1) is 24.4 Å². The highest BCUT2D eigenvalue weighted by molar-refractivity contribution is 5.85. The zero-order valence-electron chi connectivity index (χ0n) is 18.4. The molecule has 10 heteroatoms. The van der Waals surface area contributed by atoms with Crippen LogP contribution in [0.5, 0.6) is 0 Å². The fourth-order valence-corrected chi connectivity index (χ4v) is 2.97. The van der Waals surface area contributed by atoms with Gasteiger partial charge in [0.1, 0.15) is 12.6 Å². The third-order valence-corrected chi connectivity index (χ3v) is 4.69. The smallest absolute Gasteiger partial charge is 0.407 e. The molecular weight excluding hydrogens is 412 g/mol. The Bertz CT molecular complexity index is 1060. The van der Waals surface area contributed by atoms with E-state index in [9.17, 15) is 9.59 Å². The average molecular weight is 441 g/mol. The van der Waals surface area contributed by atoms with E-state index in [4.69, 9.17) is 15.2 Å². The van der Waals surface area contributed by atoms with Crippen LogP contribution in [0.3, 0.4) is 0 Å². The number of nitrogens with two attached hydrogens (primary N) is 1. The zero-order chi connectivity index (χ0) is 23.1. The number of pyridine rings is 1. The molecule has 3 aromatic rings. The summed E-state index contributed by atoms with van der Waals surface area (Å²) in [4.78, 5) is 24.2. The summed E-state index contributed by atoms with van der Waals surface area (Å²) in [5, 5.41) is 13.8. The van der Waals surface area contributed by atoms with Crippen LogP contribution in [0.15, 0.2) is 48.5 Å². The molecule has 0 aliphatic rings. The standard InChI is InChI=1S/C22H28N6O4/c1-22(2,23)20(29)25-17(14-31-12-15-8-5-4-6-9-15)19-27-26-18-11-7-10-16(28(18)19)13-32-21(30)24-3/h4-11,17H,12-14,23H2,1-3H3,(H,24,30)(H,25,29)/t17-/m1/s1. The van der Waals surface area contributed by atoms with Crippen LogP contribution in [0.2, 0.25) is 0 Å². The number of rotatable bonds is 9. The Morgan fingerprint density at radius 3 is 2.53 bits per heavy atom. The van der Waals surface area contributed by atoms with Crippen molar-refractivity contribution in [2.45, 2.75) is 38.6 Å². The van der Waals surface area contributed by atoms with Gasteiger partial charge in [-0.1, -0.05) is 36.4 Å². The zero-order valence-corrected chi connectivity index (χ0v) is 18.4. The summed E-state index contributed by atoms with van der Waals surface area (Å²) in [5.41, 5.74) is 7.08. The van der Waals surface area contributed by atoms with Crippen LogP contribution in [-0.2, 0) is 27.5 Å². The number of carbonyl (C=O) groups is 2. The van der Waals surface area contributed by atoms with Crippen LogP contribution >= 0.6 is 0 Å². The van der Waals surface area contributed by atoms with Crippen molar-refractivity contribution in [1.29, 1.82) is 0 Å². The number of hydrogen-bond donors (Lipinski definition) is 3. The molecule has 0 fully saturated rings. The van der Waals surface area contributed by atoms with Crippen LogP contribution in [0.25, 0.3) is 5.65 Å². The minimum atomic E-state index is -1.09. The van der Waals surface area contributed by atoms with E-state index in [0.29, 0.717) is 23.8 Å². The molecule has 2 aromatic heterocycles. The van der Waals surface area contributed by atoms with E-state index in [1.54, 1.807) is 36.4 Å². The molecule has 170 valence electrons. The quantitative estimate of drug-likeness (QED) is 0.461. The molecule has 2 amide bonds. The Kier molecular flexibility index (Phi) is 7.39. The number of hydrogen-bond acceptors (Lipinski definition) is 7. The van der Waals surface area contributed by atoms with Gasteiger partial charge >= 0.3 is 6.09 Å². The van der Waals surface area contributed by atoms with Crippen molar-refractivity contribution in [3.63, 3.8) is 0 Å². The predicted octanol–water partition coefficient (Wildman–Crippen LogP) is 1.70. The van der Waals surface area contributed by atoms with Crippen molar-refractivity contribution in [1.82, 2.24) is 25.2 Å². The number of nitrogens with zero attached hydrogens (tertiary/aromatic N) is 3. The summed E-state index contributed by atoms with van der Waals surface area (Å²) >= 11 is 0. The van der Waals surface area contributed by atoms with Crippen LogP contribution in [0.1, 0.15) is 37.0 Å². The maximum Gasteiger partial charge on any atom is 0.407 e. The van der Waals surface area contributed by atoms with Gasteiger partial charge in [-0.25, -0.2) is 4.79 Å². The predicted molar refractivity (Wildman–Crippen MR) is 117 cm³/mol. The number of alkyl carbamates (subject to hydrolysis) is 1. The molecule has 2 heterocycles. The fraction of sp³-hybridized carbons (Fsp3) is 0.364. The van der Waals surface area contributed by atoms with E-state index >= 15 is 0 Å². The Balaban J connectivity index is 1.88. The number of benzene rings is 1. The molecule has 0 saturated heterocycles. The first-order valence-electron chi connectivity index (χ1n) is 10.2. The molecule has 4 N–H and O–H groups in total. The van der Waals surface area contributed by atoms with Gasteiger partial charge in [0, 0.05) is 7.05 Å². The number of ether oxygens (including phenoxy) is 2. The van der Waals surface area contributed by atoms with Gasteiger partial charge in [-0.2, -0.15) is 0 Å². The van der Waals surface area contributed by atoms with Crippen LogP contribution < -0.4 is 16.4 Å². The second-order valence-electron chi connectivity index (χ2n) is 7.84. The van der Waals surface area contributed by atoms with Gasteiger partial charge in [0.25, 0.3) is 0 Å². The summed E-state index contributed by atoms with van der Waals surface area (Å²) in [6.45, 7) is 3.74. The van der Waals surface area contributed by atoms with Crippen molar-refractivity contribution in [2.75, 3.05) is 13.7 Å². The molecule has 0 unspecified atom stereocenters. The van der Waals surface area contributed by atoms with Crippen LogP contribution in [-0.4, -0.2) is 45.8 Å². The third-order valence-electron chi connectivity index (χ3n) is 4.69. The highest BCUT2D eigenvalue weighted by Crippen LogP contribution is 2.18. The van der Waals surface area contributed by atoms with E-state index in [0.717, 1.165) is 5.56 Å². The molecule has 0 aliphatic carbocycles. The lowest BCUT2D eigenvalue weighted by Crippen LogP contribution is -2.51. The lowest BCUT2D eigenvalue weighted by molar-refractivity contribution is -0.126. The van der Waals surface area contributed by atoms with Gasteiger partial charge in [0.2, 0.25) is 5.91 Å². The van der Waals surface area contributed by atoms with Crippen molar-refractivity contribution in [2.24, 2.45) is 5.73 Å². The number of aromatic nitrogens is 3. The summed E-state index contributed by atoms with van der Waals surface area (Å²) < 4.78 is 12.8. The van der Waals surface area contributed by atoms with Crippen LogP contribution in [0, 0.1) is 0 Å². The molecule has 0 radical (unpaired) electrons. The first-order valence-corrected chi connectivity index (χ1v) is 10.2. The van der Waals surface area contributed by atoms with Gasteiger partial charge in [-0.3, -0.25) is 9.20 Å². The van der Waals surface area contributed by atoms with Gasteiger partial charge < -0.3 is 25.8 Å². The molecule has 0 bridgehead atoms. The summed E-state index contributed by atoms with van der Waals surface area (Å²) in [6.07, 6.45) is -0.558. The topological polar surface area (TPSA) is 133 Å². The van der Waals surface area contributed by atoms with E-state index < -0.39 is 17.7 Å². The number of amides is 2. The van der Waals surface area contributed by atoms with E-state index in [2.05, 4.69) is 20.8 Å². The normalized spacial score (nSPS) is 12.4. The largest absolute Gasteiger partial charge is 0.443 e. The van der Waals surface area contributed by atoms with Crippen molar-refractivity contribution in [3.8, 4) is 0 Å². The van der Waals surface area contributed by atoms with E-state index in [-0.39, 0.29) is 19.1 Å². The number of nitrogens with one attached hydrogen (secondary N) is 2. The molecular formula is C22H28N6O4. The Morgan fingerprint density at radius 2 is 1.84 bits per heavy atom. The SMILES string of the molecule is CNC(=O)OCc1cccc2nnc([C@@H](COCc3ccccc3)NC(=O)C(C)(C)N)n12. The van der Waals surface area contributed by atoms with Crippen LogP contribution in [0.4, 0.5) is 4.79 Å². The third kappa shape index (κ3) is 5.80. The minimum Gasteiger partial charge on any atom is -0.443 e. The summed E-state index contributed by atoms with van der Waals surface area (Å²) in [7, 11) is 1.48. The van der Waals surface area contributed by atoms with Gasteiger partial charge in [-0.15, -0.1) is 10.2 Å². The van der Waals surface area contributed by atoms with Crippen molar-refractivity contribution >= 4 is 17.6 Å². The number of fused-ring (bicyclic) bond motifs is 1.